The normalized spacial score (nSPS) is 22.8. The van der Waals surface area contributed by atoms with Crippen molar-refractivity contribution in [2.24, 2.45) is 5.73 Å². The van der Waals surface area contributed by atoms with Crippen LogP contribution >= 0.6 is 11.3 Å². The number of benzene rings is 1. The highest BCUT2D eigenvalue weighted by atomic mass is 32.1. The number of aromatic nitrogens is 1. The molecule has 0 saturated heterocycles. The van der Waals surface area contributed by atoms with Crippen molar-refractivity contribution < 1.29 is 9.66 Å². The molecule has 1 saturated carbocycles. The first-order valence-corrected chi connectivity index (χ1v) is 6.96. The molecule has 3 rings (SSSR count). The van der Waals surface area contributed by atoms with Crippen molar-refractivity contribution >= 4 is 27.2 Å². The molecule has 19 heavy (non-hydrogen) atoms. The lowest BCUT2D eigenvalue weighted by atomic mass is 10.2. The predicted octanol–water partition coefficient (Wildman–Crippen LogP) is 2.46. The number of nitro benzene ring substituents is 1. The SMILES string of the molecule is NC1CCC(Oc2ccc3scnc3c2[N+](=O)[O-])C1. The van der Waals surface area contributed by atoms with Crippen LogP contribution in [0.15, 0.2) is 17.6 Å². The molecule has 2 N–H and O–H groups in total. The number of fused-ring (bicyclic) bond motifs is 1. The zero-order valence-electron chi connectivity index (χ0n) is 10.1. The Kier molecular flexibility index (Phi) is 3.08. The van der Waals surface area contributed by atoms with Gasteiger partial charge in [0.25, 0.3) is 0 Å². The molecule has 1 aromatic heterocycles. The average Bonchev–Trinajstić information content (AvgIpc) is 2.97. The van der Waals surface area contributed by atoms with E-state index in [4.69, 9.17) is 10.5 Å². The van der Waals surface area contributed by atoms with E-state index >= 15 is 0 Å². The molecule has 0 amide bonds. The highest BCUT2D eigenvalue weighted by Crippen LogP contribution is 2.37. The second kappa shape index (κ2) is 4.75. The first kappa shape index (κ1) is 12.3. The van der Waals surface area contributed by atoms with E-state index in [1.165, 1.54) is 11.3 Å². The molecule has 0 bridgehead atoms. The lowest BCUT2D eigenvalue weighted by Crippen LogP contribution is -2.19. The van der Waals surface area contributed by atoms with Crippen molar-refractivity contribution in [2.75, 3.05) is 0 Å². The number of nitrogens with two attached hydrogens (primary N) is 1. The summed E-state index contributed by atoms with van der Waals surface area (Å²) in [5.41, 5.74) is 7.79. The maximum Gasteiger partial charge on any atom is 0.337 e. The Morgan fingerprint density at radius 3 is 3.00 bits per heavy atom. The minimum absolute atomic E-state index is 0.0372. The van der Waals surface area contributed by atoms with Crippen LogP contribution in [0.1, 0.15) is 19.3 Å². The van der Waals surface area contributed by atoms with Crippen molar-refractivity contribution in [2.45, 2.75) is 31.4 Å². The standard InChI is InChI=1S/C12H13N3O3S/c13-7-1-2-8(5-7)18-9-3-4-10-11(14-6-19-10)12(9)15(16)17/h3-4,6-8H,1-2,5,13H2. The third-order valence-electron chi connectivity index (χ3n) is 3.34. The summed E-state index contributed by atoms with van der Waals surface area (Å²) >= 11 is 1.38. The predicted molar refractivity (Wildman–Crippen MR) is 72.5 cm³/mol. The number of rotatable bonds is 3. The van der Waals surface area contributed by atoms with Crippen LogP contribution in [-0.2, 0) is 0 Å². The van der Waals surface area contributed by atoms with E-state index in [-0.39, 0.29) is 17.8 Å². The van der Waals surface area contributed by atoms with E-state index in [2.05, 4.69) is 4.98 Å². The highest BCUT2D eigenvalue weighted by Gasteiger charge is 2.28. The Morgan fingerprint density at radius 1 is 1.47 bits per heavy atom. The molecule has 2 unspecified atom stereocenters. The van der Waals surface area contributed by atoms with E-state index in [1.54, 1.807) is 11.6 Å². The summed E-state index contributed by atoms with van der Waals surface area (Å²) in [5.74, 6) is 0.294. The van der Waals surface area contributed by atoms with E-state index in [0.29, 0.717) is 11.3 Å². The number of ether oxygens (including phenoxy) is 1. The lowest BCUT2D eigenvalue weighted by molar-refractivity contribution is -0.384. The minimum atomic E-state index is -0.424. The molecule has 0 spiro atoms. The molecule has 1 aliphatic rings. The largest absolute Gasteiger partial charge is 0.483 e. The fourth-order valence-electron chi connectivity index (χ4n) is 2.43. The second-order valence-corrected chi connectivity index (χ2v) is 5.57. The maximum atomic E-state index is 11.2. The quantitative estimate of drug-likeness (QED) is 0.688. The molecule has 1 heterocycles. The number of nitrogens with zero attached hydrogens (tertiary/aromatic N) is 2. The molecule has 6 nitrogen and oxygen atoms in total. The smallest absolute Gasteiger partial charge is 0.337 e. The molecule has 0 aliphatic heterocycles. The fraction of sp³-hybridized carbons (Fsp3) is 0.417. The van der Waals surface area contributed by atoms with Crippen LogP contribution in [-0.4, -0.2) is 22.1 Å². The van der Waals surface area contributed by atoms with Crippen molar-refractivity contribution in [1.82, 2.24) is 4.98 Å². The topological polar surface area (TPSA) is 91.3 Å². The van der Waals surface area contributed by atoms with Crippen LogP contribution in [0, 0.1) is 10.1 Å². The Labute approximate surface area is 113 Å². The summed E-state index contributed by atoms with van der Waals surface area (Å²) in [6.45, 7) is 0. The van der Waals surface area contributed by atoms with Gasteiger partial charge in [0.15, 0.2) is 11.3 Å². The number of hydrogen-bond donors (Lipinski definition) is 1. The molecular formula is C12H13N3O3S. The van der Waals surface area contributed by atoms with Crippen LogP contribution in [0.3, 0.4) is 0 Å². The molecule has 1 fully saturated rings. The van der Waals surface area contributed by atoms with Crippen molar-refractivity contribution in [3.8, 4) is 5.75 Å². The van der Waals surface area contributed by atoms with Gasteiger partial charge >= 0.3 is 5.69 Å². The Bertz CT molecular complexity index is 628. The van der Waals surface area contributed by atoms with Gasteiger partial charge < -0.3 is 10.5 Å². The van der Waals surface area contributed by atoms with Crippen LogP contribution < -0.4 is 10.5 Å². The summed E-state index contributed by atoms with van der Waals surface area (Å²) in [6, 6.07) is 3.60. The van der Waals surface area contributed by atoms with Crippen LogP contribution in [0.5, 0.6) is 5.75 Å². The van der Waals surface area contributed by atoms with Gasteiger partial charge in [-0.3, -0.25) is 10.1 Å². The molecule has 1 aliphatic carbocycles. The van der Waals surface area contributed by atoms with Crippen LogP contribution in [0.25, 0.3) is 10.2 Å². The highest BCUT2D eigenvalue weighted by molar-refractivity contribution is 7.16. The molecule has 1 aromatic carbocycles. The number of thiazole rings is 1. The van der Waals surface area contributed by atoms with E-state index in [9.17, 15) is 10.1 Å². The monoisotopic (exact) mass is 279 g/mol. The zero-order chi connectivity index (χ0) is 13.4. The van der Waals surface area contributed by atoms with Gasteiger partial charge in [-0.2, -0.15) is 0 Å². The molecule has 2 atom stereocenters. The second-order valence-electron chi connectivity index (χ2n) is 4.68. The van der Waals surface area contributed by atoms with Crippen molar-refractivity contribution in [3.05, 3.63) is 27.8 Å². The van der Waals surface area contributed by atoms with Crippen molar-refractivity contribution in [3.63, 3.8) is 0 Å². The minimum Gasteiger partial charge on any atom is -0.483 e. The van der Waals surface area contributed by atoms with Gasteiger partial charge in [-0.1, -0.05) is 0 Å². The zero-order valence-corrected chi connectivity index (χ0v) is 10.9. The van der Waals surface area contributed by atoms with Gasteiger partial charge in [0.2, 0.25) is 0 Å². The summed E-state index contributed by atoms with van der Waals surface area (Å²) < 4.78 is 6.55. The van der Waals surface area contributed by atoms with Crippen molar-refractivity contribution in [1.29, 1.82) is 0 Å². The van der Waals surface area contributed by atoms with Gasteiger partial charge in [0, 0.05) is 6.04 Å². The number of hydrogen-bond acceptors (Lipinski definition) is 6. The molecule has 100 valence electrons. The van der Waals surface area contributed by atoms with Crippen LogP contribution in [0.2, 0.25) is 0 Å². The third kappa shape index (κ3) is 2.26. The molecule has 7 heteroatoms. The summed E-state index contributed by atoms with van der Waals surface area (Å²) in [4.78, 5) is 14.9. The summed E-state index contributed by atoms with van der Waals surface area (Å²) in [7, 11) is 0. The van der Waals surface area contributed by atoms with E-state index in [0.717, 1.165) is 24.0 Å². The van der Waals surface area contributed by atoms with Gasteiger partial charge in [-0.25, -0.2) is 4.98 Å². The number of nitro groups is 1. The average molecular weight is 279 g/mol. The third-order valence-corrected chi connectivity index (χ3v) is 4.13. The summed E-state index contributed by atoms with van der Waals surface area (Å²) in [5, 5.41) is 11.2. The Hall–Kier alpha value is -1.73. The first-order chi connectivity index (χ1) is 9.15. The fourth-order valence-corrected chi connectivity index (χ4v) is 3.11. The molecular weight excluding hydrogens is 266 g/mol. The van der Waals surface area contributed by atoms with Gasteiger partial charge in [-0.15, -0.1) is 11.3 Å². The Morgan fingerprint density at radius 2 is 2.32 bits per heavy atom. The van der Waals surface area contributed by atoms with E-state index in [1.807, 2.05) is 6.07 Å². The van der Waals surface area contributed by atoms with Crippen LogP contribution in [0.4, 0.5) is 5.69 Å². The lowest BCUT2D eigenvalue weighted by Gasteiger charge is -2.13. The maximum absolute atomic E-state index is 11.2. The summed E-state index contributed by atoms with van der Waals surface area (Å²) in [6.07, 6.45) is 2.45. The van der Waals surface area contributed by atoms with Gasteiger partial charge in [0.1, 0.15) is 6.10 Å². The van der Waals surface area contributed by atoms with E-state index < -0.39 is 4.92 Å². The van der Waals surface area contributed by atoms with Gasteiger partial charge in [0.05, 0.1) is 15.1 Å². The molecule has 0 radical (unpaired) electrons. The molecule has 2 aromatic rings. The first-order valence-electron chi connectivity index (χ1n) is 6.08. The Balaban J connectivity index is 1.98. The van der Waals surface area contributed by atoms with Gasteiger partial charge in [-0.05, 0) is 31.4 Å².